The lowest BCUT2D eigenvalue weighted by Crippen LogP contribution is -2.31. The van der Waals surface area contributed by atoms with E-state index in [-0.39, 0.29) is 11.5 Å². The summed E-state index contributed by atoms with van der Waals surface area (Å²) in [7, 11) is 0. The van der Waals surface area contributed by atoms with E-state index in [9.17, 15) is 0 Å². The number of hydrogen-bond donors (Lipinski definition) is 1. The molecule has 3 heteroatoms. The molecule has 3 rings (SSSR count). The standard InChI is InChI=1S/C13H16N2O/c1-8-11-7-10(3-4-12(11)16-15-8)13(5-6-13)9(2)14/h3-4,7,9H,5-6,14H2,1-2H3. The van der Waals surface area contributed by atoms with Crippen molar-refractivity contribution >= 4 is 11.0 Å². The molecule has 1 atom stereocenters. The van der Waals surface area contributed by atoms with E-state index in [4.69, 9.17) is 10.3 Å². The Labute approximate surface area is 94.6 Å². The third-order valence-corrected chi connectivity index (χ3v) is 3.89. The topological polar surface area (TPSA) is 52.0 Å². The first-order valence-electron chi connectivity index (χ1n) is 5.75. The van der Waals surface area contributed by atoms with Crippen molar-refractivity contribution in [2.75, 3.05) is 0 Å². The van der Waals surface area contributed by atoms with Crippen molar-refractivity contribution in [3.05, 3.63) is 29.5 Å². The number of hydrogen-bond acceptors (Lipinski definition) is 3. The van der Waals surface area contributed by atoms with Gasteiger partial charge in [0.1, 0.15) is 0 Å². The Morgan fingerprint density at radius 2 is 2.19 bits per heavy atom. The highest BCUT2D eigenvalue weighted by Crippen LogP contribution is 2.50. The predicted molar refractivity (Wildman–Crippen MR) is 63.3 cm³/mol. The van der Waals surface area contributed by atoms with Gasteiger partial charge in [0.25, 0.3) is 0 Å². The number of rotatable bonds is 2. The number of aromatic nitrogens is 1. The molecule has 1 fully saturated rings. The molecule has 0 bridgehead atoms. The van der Waals surface area contributed by atoms with E-state index in [1.807, 2.05) is 13.0 Å². The minimum atomic E-state index is 0.206. The van der Waals surface area contributed by atoms with Crippen LogP contribution < -0.4 is 5.73 Å². The smallest absolute Gasteiger partial charge is 0.167 e. The first-order chi connectivity index (χ1) is 7.63. The second-order valence-electron chi connectivity index (χ2n) is 4.92. The Morgan fingerprint density at radius 3 is 2.81 bits per heavy atom. The minimum Gasteiger partial charge on any atom is -0.356 e. The van der Waals surface area contributed by atoms with Crippen LogP contribution in [0.25, 0.3) is 11.0 Å². The fraction of sp³-hybridized carbons (Fsp3) is 0.462. The molecule has 0 aliphatic heterocycles. The predicted octanol–water partition coefficient (Wildman–Crippen LogP) is 2.52. The maximum absolute atomic E-state index is 6.08. The molecule has 16 heavy (non-hydrogen) atoms. The normalized spacial score (nSPS) is 19.9. The lowest BCUT2D eigenvalue weighted by molar-refractivity contribution is 0.450. The number of nitrogens with zero attached hydrogens (tertiary/aromatic N) is 1. The zero-order valence-electron chi connectivity index (χ0n) is 9.66. The summed E-state index contributed by atoms with van der Waals surface area (Å²) in [6, 6.07) is 6.54. The van der Waals surface area contributed by atoms with Gasteiger partial charge in [-0.1, -0.05) is 11.2 Å². The Balaban J connectivity index is 2.15. The van der Waals surface area contributed by atoms with Gasteiger partial charge in [0, 0.05) is 16.8 Å². The molecule has 0 spiro atoms. The van der Waals surface area contributed by atoms with Crippen molar-refractivity contribution < 1.29 is 4.52 Å². The van der Waals surface area contributed by atoms with Crippen LogP contribution in [0.5, 0.6) is 0 Å². The van der Waals surface area contributed by atoms with Crippen LogP contribution in [0.3, 0.4) is 0 Å². The van der Waals surface area contributed by atoms with Crippen LogP contribution in [0, 0.1) is 6.92 Å². The Kier molecular flexibility index (Phi) is 1.89. The van der Waals surface area contributed by atoms with Gasteiger partial charge in [0.2, 0.25) is 0 Å². The maximum atomic E-state index is 6.08. The van der Waals surface area contributed by atoms with Crippen LogP contribution >= 0.6 is 0 Å². The van der Waals surface area contributed by atoms with Crippen molar-refractivity contribution in [2.45, 2.75) is 38.1 Å². The molecule has 1 unspecified atom stereocenters. The molecule has 0 saturated heterocycles. The molecule has 0 radical (unpaired) electrons. The van der Waals surface area contributed by atoms with E-state index >= 15 is 0 Å². The van der Waals surface area contributed by atoms with Gasteiger partial charge in [0.15, 0.2) is 5.58 Å². The average molecular weight is 216 g/mol. The van der Waals surface area contributed by atoms with Crippen LogP contribution in [0.2, 0.25) is 0 Å². The van der Waals surface area contributed by atoms with Crippen molar-refractivity contribution in [2.24, 2.45) is 5.73 Å². The lowest BCUT2D eigenvalue weighted by Gasteiger charge is -2.19. The quantitative estimate of drug-likeness (QED) is 0.839. The van der Waals surface area contributed by atoms with Crippen molar-refractivity contribution in [1.82, 2.24) is 5.16 Å². The maximum Gasteiger partial charge on any atom is 0.167 e. The highest BCUT2D eigenvalue weighted by atomic mass is 16.5. The second-order valence-corrected chi connectivity index (χ2v) is 4.92. The molecule has 1 aromatic carbocycles. The summed E-state index contributed by atoms with van der Waals surface area (Å²) in [5.41, 5.74) is 9.44. The van der Waals surface area contributed by atoms with Gasteiger partial charge in [0.05, 0.1) is 5.69 Å². The van der Waals surface area contributed by atoms with Crippen LogP contribution in [0.4, 0.5) is 0 Å². The monoisotopic (exact) mass is 216 g/mol. The zero-order valence-corrected chi connectivity index (χ0v) is 9.66. The van der Waals surface area contributed by atoms with Gasteiger partial charge in [-0.25, -0.2) is 0 Å². The van der Waals surface area contributed by atoms with Gasteiger partial charge in [-0.15, -0.1) is 0 Å². The highest BCUT2D eigenvalue weighted by Gasteiger charge is 2.47. The van der Waals surface area contributed by atoms with Gasteiger partial charge in [-0.3, -0.25) is 0 Å². The molecule has 1 aliphatic carbocycles. The van der Waals surface area contributed by atoms with E-state index in [0.717, 1.165) is 16.7 Å². The summed E-state index contributed by atoms with van der Waals surface area (Å²) >= 11 is 0. The summed E-state index contributed by atoms with van der Waals surface area (Å²) in [5.74, 6) is 0. The molecule has 84 valence electrons. The first kappa shape index (κ1) is 9.85. The second kappa shape index (κ2) is 3.08. The first-order valence-corrected chi connectivity index (χ1v) is 5.75. The summed E-state index contributed by atoms with van der Waals surface area (Å²) < 4.78 is 5.22. The SMILES string of the molecule is Cc1noc2ccc(C3(C(C)N)CC3)cc12. The van der Waals surface area contributed by atoms with E-state index in [2.05, 4.69) is 24.2 Å². The third kappa shape index (κ3) is 1.21. The molecule has 0 amide bonds. The number of benzene rings is 1. The van der Waals surface area contributed by atoms with Gasteiger partial charge in [-0.2, -0.15) is 0 Å². The Bertz CT molecular complexity index is 538. The number of aryl methyl sites for hydroxylation is 1. The fourth-order valence-electron chi connectivity index (χ4n) is 2.51. The van der Waals surface area contributed by atoms with Crippen LogP contribution in [0.15, 0.2) is 22.7 Å². The van der Waals surface area contributed by atoms with Gasteiger partial charge in [-0.05, 0) is 44.4 Å². The number of fused-ring (bicyclic) bond motifs is 1. The molecule has 3 nitrogen and oxygen atoms in total. The van der Waals surface area contributed by atoms with Crippen molar-refractivity contribution in [3.63, 3.8) is 0 Å². The molecule has 1 saturated carbocycles. The molecular formula is C13H16N2O. The Morgan fingerprint density at radius 1 is 1.44 bits per heavy atom. The third-order valence-electron chi connectivity index (χ3n) is 3.89. The van der Waals surface area contributed by atoms with Crippen LogP contribution in [0.1, 0.15) is 31.0 Å². The fourth-order valence-corrected chi connectivity index (χ4v) is 2.51. The molecule has 1 aliphatic rings. The van der Waals surface area contributed by atoms with Gasteiger partial charge >= 0.3 is 0 Å². The number of nitrogens with two attached hydrogens (primary N) is 1. The minimum absolute atomic E-state index is 0.206. The van der Waals surface area contributed by atoms with E-state index in [1.165, 1.54) is 18.4 Å². The molecule has 1 aromatic heterocycles. The summed E-state index contributed by atoms with van der Waals surface area (Å²) in [4.78, 5) is 0. The lowest BCUT2D eigenvalue weighted by atomic mass is 9.89. The van der Waals surface area contributed by atoms with Crippen molar-refractivity contribution in [1.29, 1.82) is 0 Å². The zero-order chi connectivity index (χ0) is 11.3. The molecule has 1 heterocycles. The van der Waals surface area contributed by atoms with Crippen LogP contribution in [-0.2, 0) is 5.41 Å². The summed E-state index contributed by atoms with van der Waals surface area (Å²) in [6.07, 6.45) is 2.39. The summed E-state index contributed by atoms with van der Waals surface area (Å²) in [5, 5.41) is 5.09. The molecule has 2 aromatic rings. The van der Waals surface area contributed by atoms with Crippen LogP contribution in [-0.4, -0.2) is 11.2 Å². The van der Waals surface area contributed by atoms with E-state index < -0.39 is 0 Å². The summed E-state index contributed by atoms with van der Waals surface area (Å²) in [6.45, 7) is 4.07. The van der Waals surface area contributed by atoms with E-state index in [1.54, 1.807) is 0 Å². The highest BCUT2D eigenvalue weighted by molar-refractivity contribution is 5.80. The molecular weight excluding hydrogens is 200 g/mol. The average Bonchev–Trinajstić information content (AvgIpc) is 3.01. The van der Waals surface area contributed by atoms with E-state index in [0.29, 0.717) is 0 Å². The largest absolute Gasteiger partial charge is 0.356 e. The van der Waals surface area contributed by atoms with Gasteiger partial charge < -0.3 is 10.3 Å². The van der Waals surface area contributed by atoms with Crippen molar-refractivity contribution in [3.8, 4) is 0 Å². The molecule has 2 N–H and O–H groups in total. The Hall–Kier alpha value is -1.35.